The van der Waals surface area contributed by atoms with E-state index in [1.165, 1.54) is 55.5 Å². The van der Waals surface area contributed by atoms with Crippen LogP contribution in [0.1, 0.15) is 54.3 Å². The summed E-state index contributed by atoms with van der Waals surface area (Å²) in [6.07, 6.45) is 9.67. The number of amidine groups is 2. The third-order valence-corrected chi connectivity index (χ3v) is 11.6. The van der Waals surface area contributed by atoms with Gasteiger partial charge in [0.15, 0.2) is 5.84 Å². The molecule has 2 unspecified atom stereocenters. The molecule has 0 aromatic heterocycles. The summed E-state index contributed by atoms with van der Waals surface area (Å²) >= 11 is 0. The minimum absolute atomic E-state index is 0.148. The van der Waals surface area contributed by atoms with Gasteiger partial charge >= 0.3 is 0 Å². The molecule has 0 amide bonds. The highest BCUT2D eigenvalue weighted by atomic mass is 15.2. The normalized spacial score (nSPS) is 17.8. The molecule has 0 saturated heterocycles. The third-order valence-electron chi connectivity index (χ3n) is 11.6. The summed E-state index contributed by atoms with van der Waals surface area (Å²) in [4.78, 5) is 12.9. The van der Waals surface area contributed by atoms with Gasteiger partial charge < -0.3 is 10.2 Å². The zero-order valence-electron chi connectivity index (χ0n) is 31.6. The molecule has 7 aromatic rings. The minimum atomic E-state index is -0.269. The van der Waals surface area contributed by atoms with Gasteiger partial charge in [0.05, 0.1) is 11.7 Å². The van der Waals surface area contributed by atoms with Gasteiger partial charge in [0, 0.05) is 33.2 Å². The molecular formula is C52H42N4. The fourth-order valence-electron chi connectivity index (χ4n) is 8.72. The number of nitrogens with one attached hydrogen (secondary N) is 1. The summed E-state index contributed by atoms with van der Waals surface area (Å²) in [6, 6.07) is 58.9. The molecule has 0 saturated carbocycles. The molecular weight excluding hydrogens is 681 g/mol. The molecule has 1 aliphatic heterocycles. The van der Waals surface area contributed by atoms with Crippen molar-refractivity contribution in [3.63, 3.8) is 0 Å². The Balaban J connectivity index is 1.14. The summed E-state index contributed by atoms with van der Waals surface area (Å²) in [5.41, 5.74) is 13.0. The maximum absolute atomic E-state index is 5.17. The SMILES string of the molecule is CC1(C)c2cc(C3=NC(c4ccccc4)=NC(c4ccccc4)N3)ccc2-c2c1cc1ccccc1c2N(c1ccc(-c2ccccc2)cc1)C1C=CC=CC1. The molecule has 3 aliphatic rings. The first-order valence-corrected chi connectivity index (χ1v) is 19.6. The van der Waals surface area contributed by atoms with E-state index in [1.807, 2.05) is 24.3 Å². The molecule has 2 aliphatic carbocycles. The average molecular weight is 723 g/mol. The van der Waals surface area contributed by atoms with E-state index in [0.717, 1.165) is 34.8 Å². The maximum Gasteiger partial charge on any atom is 0.159 e. The third kappa shape index (κ3) is 5.86. The Morgan fingerprint density at radius 2 is 1.29 bits per heavy atom. The van der Waals surface area contributed by atoms with Gasteiger partial charge in [0.2, 0.25) is 0 Å². The van der Waals surface area contributed by atoms with Crippen LogP contribution >= 0.6 is 0 Å². The first kappa shape index (κ1) is 33.8. The number of rotatable bonds is 7. The fourth-order valence-corrected chi connectivity index (χ4v) is 8.72. The lowest BCUT2D eigenvalue weighted by Crippen LogP contribution is -2.33. The smallest absolute Gasteiger partial charge is 0.159 e. The van der Waals surface area contributed by atoms with Gasteiger partial charge in [-0.1, -0.05) is 178 Å². The fraction of sp³-hybridized carbons (Fsp3) is 0.115. The van der Waals surface area contributed by atoms with E-state index in [4.69, 9.17) is 9.98 Å². The summed E-state index contributed by atoms with van der Waals surface area (Å²) in [6.45, 7) is 4.75. The van der Waals surface area contributed by atoms with E-state index in [9.17, 15) is 0 Å². The van der Waals surface area contributed by atoms with Gasteiger partial charge in [-0.25, -0.2) is 9.98 Å². The van der Waals surface area contributed by atoms with E-state index in [-0.39, 0.29) is 17.6 Å². The summed E-state index contributed by atoms with van der Waals surface area (Å²) in [7, 11) is 0. The standard InChI is InChI=1S/C52H42N4/c1-52(2)45-34-40(51-54-49(37-19-9-4-10-20-37)53-50(55-51)38-21-11-5-12-22-38)29-32-44(45)47-46(52)33-39-23-15-16-26-43(39)48(47)56(41-24-13-6-14-25-41)42-30-27-36(28-31-42)35-17-7-3-8-18-35/h3-24,26-34,41,49H,25H2,1-2H3,(H,53,54,55). The first-order valence-electron chi connectivity index (χ1n) is 19.6. The molecule has 56 heavy (non-hydrogen) atoms. The molecule has 1 N–H and O–H groups in total. The number of hydrogen-bond acceptors (Lipinski definition) is 4. The Kier molecular flexibility index (Phi) is 8.33. The Hall–Kier alpha value is -6.78. The summed E-state index contributed by atoms with van der Waals surface area (Å²) < 4.78 is 0. The van der Waals surface area contributed by atoms with E-state index in [1.54, 1.807) is 0 Å². The number of aliphatic imine (C=N–C) groups is 2. The van der Waals surface area contributed by atoms with Crippen LogP contribution < -0.4 is 10.2 Å². The molecule has 270 valence electrons. The lowest BCUT2D eigenvalue weighted by Gasteiger charge is -2.36. The van der Waals surface area contributed by atoms with Crippen molar-refractivity contribution < 1.29 is 0 Å². The van der Waals surface area contributed by atoms with Crippen LogP contribution in [0.4, 0.5) is 11.4 Å². The molecule has 0 bridgehead atoms. The number of allylic oxidation sites excluding steroid dienone is 2. The van der Waals surface area contributed by atoms with Crippen molar-refractivity contribution in [2.45, 2.75) is 37.9 Å². The van der Waals surface area contributed by atoms with Crippen molar-refractivity contribution >= 4 is 33.8 Å². The zero-order chi connectivity index (χ0) is 37.6. The molecule has 10 rings (SSSR count). The van der Waals surface area contributed by atoms with E-state index >= 15 is 0 Å². The maximum atomic E-state index is 5.17. The van der Waals surface area contributed by atoms with Gasteiger partial charge in [-0.3, -0.25) is 0 Å². The Morgan fingerprint density at radius 3 is 2.02 bits per heavy atom. The average Bonchev–Trinajstić information content (AvgIpc) is 3.49. The highest BCUT2D eigenvalue weighted by Crippen LogP contribution is 2.56. The Bertz CT molecular complexity index is 2710. The molecule has 0 spiro atoms. The Labute approximate surface area is 328 Å². The van der Waals surface area contributed by atoms with Crippen molar-refractivity contribution in [3.8, 4) is 22.3 Å². The van der Waals surface area contributed by atoms with Crippen molar-refractivity contribution in [2.75, 3.05) is 4.90 Å². The molecule has 4 nitrogen and oxygen atoms in total. The Morgan fingerprint density at radius 1 is 0.625 bits per heavy atom. The lowest BCUT2D eigenvalue weighted by molar-refractivity contribution is 0.659. The number of fused-ring (bicyclic) bond motifs is 4. The largest absolute Gasteiger partial charge is 0.344 e. The minimum Gasteiger partial charge on any atom is -0.344 e. The van der Waals surface area contributed by atoms with Crippen LogP contribution in [0.3, 0.4) is 0 Å². The molecule has 1 heterocycles. The van der Waals surface area contributed by atoms with Crippen LogP contribution in [0.2, 0.25) is 0 Å². The first-order chi connectivity index (χ1) is 27.5. The van der Waals surface area contributed by atoms with Gasteiger partial charge in [-0.15, -0.1) is 0 Å². The van der Waals surface area contributed by atoms with E-state index in [2.05, 4.69) is 188 Å². The van der Waals surface area contributed by atoms with E-state index < -0.39 is 0 Å². The number of anilines is 2. The number of benzene rings is 7. The quantitative estimate of drug-likeness (QED) is 0.178. The van der Waals surface area contributed by atoms with Gasteiger partial charge in [0.25, 0.3) is 0 Å². The van der Waals surface area contributed by atoms with Crippen molar-refractivity contribution in [1.29, 1.82) is 0 Å². The highest BCUT2D eigenvalue weighted by Gasteiger charge is 2.40. The van der Waals surface area contributed by atoms with Crippen LogP contribution in [-0.2, 0) is 5.41 Å². The van der Waals surface area contributed by atoms with E-state index in [0.29, 0.717) is 0 Å². The molecule has 0 fully saturated rings. The van der Waals surface area contributed by atoms with Crippen LogP contribution in [0.15, 0.2) is 198 Å². The second-order valence-corrected chi connectivity index (χ2v) is 15.4. The van der Waals surface area contributed by atoms with Gasteiger partial charge in [0.1, 0.15) is 12.0 Å². The van der Waals surface area contributed by atoms with Crippen LogP contribution in [-0.4, -0.2) is 17.7 Å². The topological polar surface area (TPSA) is 40.0 Å². The second-order valence-electron chi connectivity index (χ2n) is 15.4. The summed E-state index contributed by atoms with van der Waals surface area (Å²) in [5, 5.41) is 6.20. The molecule has 2 atom stereocenters. The highest BCUT2D eigenvalue weighted by molar-refractivity contribution is 6.14. The van der Waals surface area contributed by atoms with Crippen molar-refractivity contribution in [3.05, 3.63) is 216 Å². The zero-order valence-corrected chi connectivity index (χ0v) is 31.6. The van der Waals surface area contributed by atoms with Gasteiger partial charge in [-0.2, -0.15) is 0 Å². The van der Waals surface area contributed by atoms with Crippen molar-refractivity contribution in [1.82, 2.24) is 5.32 Å². The van der Waals surface area contributed by atoms with Crippen LogP contribution in [0.25, 0.3) is 33.0 Å². The van der Waals surface area contributed by atoms with Crippen LogP contribution in [0.5, 0.6) is 0 Å². The predicted molar refractivity (Wildman–Crippen MR) is 234 cm³/mol. The van der Waals surface area contributed by atoms with Crippen LogP contribution in [0, 0.1) is 0 Å². The summed E-state index contributed by atoms with van der Waals surface area (Å²) in [5.74, 6) is 1.56. The lowest BCUT2D eigenvalue weighted by atomic mass is 9.81. The number of hydrogen-bond donors (Lipinski definition) is 1. The monoisotopic (exact) mass is 722 g/mol. The van der Waals surface area contributed by atoms with Gasteiger partial charge in [-0.05, 0) is 69.5 Å². The number of nitrogens with zero attached hydrogens (tertiary/aromatic N) is 3. The second kappa shape index (κ2) is 13.8. The van der Waals surface area contributed by atoms with Crippen molar-refractivity contribution in [2.24, 2.45) is 9.98 Å². The molecule has 7 aromatic carbocycles. The molecule has 4 heteroatoms. The molecule has 0 radical (unpaired) electrons. The predicted octanol–water partition coefficient (Wildman–Crippen LogP) is 12.3.